The molecular formula is C19H30F3NOS2. The number of alkyl halides is 3. The lowest BCUT2D eigenvalue weighted by molar-refractivity contribution is -0.0328. The molecule has 0 bridgehead atoms. The molecular weight excluding hydrogens is 379 g/mol. The molecule has 0 heterocycles. The molecule has 1 aliphatic carbocycles. The van der Waals surface area contributed by atoms with E-state index in [9.17, 15) is 13.2 Å². The van der Waals surface area contributed by atoms with Gasteiger partial charge in [0.05, 0.1) is 6.10 Å². The highest BCUT2D eigenvalue weighted by atomic mass is 32.3. The van der Waals surface area contributed by atoms with Crippen molar-refractivity contribution in [3.63, 3.8) is 0 Å². The third-order valence-electron chi connectivity index (χ3n) is 4.98. The van der Waals surface area contributed by atoms with E-state index in [-0.39, 0.29) is 21.4 Å². The van der Waals surface area contributed by atoms with Gasteiger partial charge in [-0.3, -0.25) is 0 Å². The zero-order valence-electron chi connectivity index (χ0n) is 16.2. The molecule has 0 spiro atoms. The van der Waals surface area contributed by atoms with E-state index < -0.39 is 15.8 Å². The van der Waals surface area contributed by atoms with Crippen LogP contribution in [0.4, 0.5) is 18.9 Å². The van der Waals surface area contributed by atoms with Crippen LogP contribution in [0, 0.1) is 0 Å². The average molecular weight is 410 g/mol. The van der Waals surface area contributed by atoms with Gasteiger partial charge >= 0.3 is 5.51 Å². The Morgan fingerprint density at radius 2 is 1.54 bits per heavy atom. The van der Waals surface area contributed by atoms with Gasteiger partial charge in [0.25, 0.3) is 0 Å². The van der Waals surface area contributed by atoms with Gasteiger partial charge < -0.3 is 9.50 Å². The second kappa shape index (κ2) is 8.23. The highest BCUT2D eigenvalue weighted by Crippen LogP contribution is 2.55. The molecule has 1 aromatic carbocycles. The fourth-order valence-electron chi connectivity index (χ4n) is 2.78. The second-order valence-corrected chi connectivity index (χ2v) is 13.2. The van der Waals surface area contributed by atoms with Crippen LogP contribution in [0.1, 0.15) is 46.5 Å². The molecule has 0 radical (unpaired) electrons. The number of benzene rings is 1. The fourth-order valence-corrected chi connectivity index (χ4v) is 4.48. The lowest BCUT2D eigenvalue weighted by atomic mass is 9.93. The van der Waals surface area contributed by atoms with Gasteiger partial charge in [-0.05, 0) is 74.2 Å². The number of anilines is 1. The number of hydrogen-bond acceptors (Lipinski definition) is 3. The Balaban J connectivity index is 1.82. The summed E-state index contributed by atoms with van der Waals surface area (Å²) in [5.74, 6) is 0. The van der Waals surface area contributed by atoms with Crippen LogP contribution in [0.2, 0.25) is 0 Å². The Kier molecular flexibility index (Phi) is 6.89. The lowest BCUT2D eigenvalue weighted by Gasteiger charge is -2.47. The minimum absolute atomic E-state index is 0.0791. The molecule has 7 heteroatoms. The van der Waals surface area contributed by atoms with E-state index in [1.54, 1.807) is 12.1 Å². The number of thioether (sulfide) groups is 1. The van der Waals surface area contributed by atoms with Crippen LogP contribution in [0.3, 0.4) is 0 Å². The zero-order valence-corrected chi connectivity index (χ0v) is 17.8. The molecule has 0 saturated heterocycles. The topological polar surface area (TPSA) is 21.3 Å². The smallest absolute Gasteiger partial charge is 0.382 e. The Hall–Kier alpha value is -0.530. The average Bonchev–Trinajstić information content (AvgIpc) is 2.48. The van der Waals surface area contributed by atoms with Crippen LogP contribution in [0.5, 0.6) is 0 Å². The van der Waals surface area contributed by atoms with Gasteiger partial charge in [0.1, 0.15) is 0 Å². The van der Waals surface area contributed by atoms with Crippen molar-refractivity contribution < 1.29 is 17.4 Å². The fraction of sp³-hybridized carbons (Fsp3) is 0.684. The number of hydrogen-bond donors (Lipinski definition) is 1. The van der Waals surface area contributed by atoms with Gasteiger partial charge in [0.2, 0.25) is 0 Å². The molecule has 26 heavy (non-hydrogen) atoms. The molecule has 1 saturated carbocycles. The molecule has 0 amide bonds. The van der Waals surface area contributed by atoms with Gasteiger partial charge in [-0.15, -0.1) is 10.3 Å². The summed E-state index contributed by atoms with van der Waals surface area (Å²) in [5, 5.41) is 3.45. The van der Waals surface area contributed by atoms with Gasteiger partial charge in [0, 0.05) is 21.4 Å². The van der Waals surface area contributed by atoms with Crippen molar-refractivity contribution in [2.24, 2.45) is 0 Å². The zero-order chi connectivity index (χ0) is 19.6. The van der Waals surface area contributed by atoms with Crippen LogP contribution in [-0.2, 0) is 4.18 Å². The molecule has 1 aliphatic rings. The highest BCUT2D eigenvalue weighted by Gasteiger charge is 2.33. The summed E-state index contributed by atoms with van der Waals surface area (Å²) in [6.45, 7) is 6.70. The quantitative estimate of drug-likeness (QED) is 0.539. The normalized spacial score (nSPS) is 22.9. The van der Waals surface area contributed by atoms with Gasteiger partial charge in [-0.2, -0.15) is 13.2 Å². The Morgan fingerprint density at radius 1 is 1.00 bits per heavy atom. The Labute approximate surface area is 161 Å². The van der Waals surface area contributed by atoms with E-state index in [2.05, 4.69) is 38.6 Å². The Morgan fingerprint density at radius 3 is 2.00 bits per heavy atom. The van der Waals surface area contributed by atoms with Crippen molar-refractivity contribution in [2.75, 3.05) is 17.8 Å². The molecule has 150 valence electrons. The van der Waals surface area contributed by atoms with E-state index in [4.69, 9.17) is 4.18 Å². The summed E-state index contributed by atoms with van der Waals surface area (Å²) in [7, 11) is -1.11. The first-order valence-electron chi connectivity index (χ1n) is 8.89. The first-order valence-corrected chi connectivity index (χ1v) is 12.1. The Bertz CT molecular complexity index is 574. The van der Waals surface area contributed by atoms with Crippen LogP contribution in [-0.4, -0.2) is 34.9 Å². The van der Waals surface area contributed by atoms with Gasteiger partial charge in [0.15, 0.2) is 0 Å². The minimum atomic E-state index is -4.24. The molecule has 0 atom stereocenters. The van der Waals surface area contributed by atoms with E-state index in [0.29, 0.717) is 12.1 Å². The SMILES string of the molecule is CC(C)(C)S(C)(C)OC1CCC(Nc2ccc(SC(F)(F)F)cc2)CC1. The van der Waals surface area contributed by atoms with Crippen LogP contribution in [0.25, 0.3) is 0 Å². The molecule has 2 rings (SSSR count). The van der Waals surface area contributed by atoms with E-state index >= 15 is 0 Å². The highest BCUT2D eigenvalue weighted by molar-refractivity contribution is 8.29. The van der Waals surface area contributed by atoms with E-state index in [0.717, 1.165) is 31.4 Å². The molecule has 0 aliphatic heterocycles. The summed E-state index contributed by atoms with van der Waals surface area (Å²) >= 11 is -0.0791. The molecule has 2 nitrogen and oxygen atoms in total. The van der Waals surface area contributed by atoms with Crippen molar-refractivity contribution in [3.05, 3.63) is 24.3 Å². The number of halogens is 3. The molecule has 0 aromatic heterocycles. The maximum Gasteiger partial charge on any atom is 0.446 e. The predicted octanol–water partition coefficient (Wildman–Crippen LogP) is 6.82. The first-order chi connectivity index (χ1) is 11.9. The van der Waals surface area contributed by atoms with Crippen molar-refractivity contribution in [3.8, 4) is 0 Å². The van der Waals surface area contributed by atoms with E-state index in [1.165, 1.54) is 12.1 Å². The second-order valence-electron chi connectivity index (χ2n) is 8.13. The van der Waals surface area contributed by atoms with Crippen LogP contribution in [0.15, 0.2) is 29.2 Å². The van der Waals surface area contributed by atoms with Crippen molar-refractivity contribution in [1.29, 1.82) is 0 Å². The molecule has 1 fully saturated rings. The third kappa shape index (κ3) is 6.57. The minimum Gasteiger partial charge on any atom is -0.382 e. The van der Waals surface area contributed by atoms with Crippen molar-refractivity contribution in [2.45, 2.75) is 73.8 Å². The molecule has 1 N–H and O–H groups in total. The van der Waals surface area contributed by atoms with Gasteiger partial charge in [-0.25, -0.2) is 0 Å². The molecule has 1 aromatic rings. The molecule has 0 unspecified atom stereocenters. The standard InChI is InChI=1S/C19H30F3NOS2/c1-18(2,3)26(4,5)24-16-10-6-14(7-11-16)23-15-8-12-17(13-9-15)25-19(20,21)22/h8-9,12-14,16,23H,6-7,10-11H2,1-5H3. The number of rotatable bonds is 5. The summed E-state index contributed by atoms with van der Waals surface area (Å²) in [5.41, 5.74) is -3.36. The summed E-state index contributed by atoms with van der Waals surface area (Å²) < 4.78 is 43.8. The van der Waals surface area contributed by atoms with Gasteiger partial charge in [-0.1, -0.05) is 20.8 Å². The van der Waals surface area contributed by atoms with Crippen molar-refractivity contribution in [1.82, 2.24) is 0 Å². The predicted molar refractivity (Wildman–Crippen MR) is 108 cm³/mol. The first kappa shape index (κ1) is 21.8. The maximum atomic E-state index is 12.4. The van der Waals surface area contributed by atoms with E-state index in [1.807, 2.05) is 0 Å². The largest absolute Gasteiger partial charge is 0.446 e. The summed E-state index contributed by atoms with van der Waals surface area (Å²) in [6, 6.07) is 6.84. The monoisotopic (exact) mass is 409 g/mol. The lowest BCUT2D eigenvalue weighted by Crippen LogP contribution is -2.33. The van der Waals surface area contributed by atoms with Crippen molar-refractivity contribution >= 4 is 27.8 Å². The third-order valence-corrected chi connectivity index (χ3v) is 9.43. The van der Waals surface area contributed by atoms with Crippen LogP contribution >= 0.6 is 22.1 Å². The summed E-state index contributed by atoms with van der Waals surface area (Å²) in [6.07, 6.45) is 8.85. The van der Waals surface area contributed by atoms with Crippen LogP contribution < -0.4 is 5.32 Å². The summed E-state index contributed by atoms with van der Waals surface area (Å²) in [4.78, 5) is 0.215. The maximum absolute atomic E-state index is 12.4. The number of nitrogens with one attached hydrogen (secondary N) is 1.